The predicted molar refractivity (Wildman–Crippen MR) is 122 cm³/mol. The van der Waals surface area contributed by atoms with Crippen LogP contribution in [0.1, 0.15) is 35.3 Å². The zero-order valence-electron chi connectivity index (χ0n) is 18.5. The summed E-state index contributed by atoms with van der Waals surface area (Å²) in [6, 6.07) is 11.8. The average molecular weight is 446 g/mol. The van der Waals surface area contributed by atoms with E-state index in [0.717, 1.165) is 25.2 Å². The fourth-order valence-corrected chi connectivity index (χ4v) is 5.18. The van der Waals surface area contributed by atoms with Crippen molar-refractivity contribution in [2.24, 2.45) is 0 Å². The number of carbonyl (C=O) groups excluding carboxylic acids is 1. The molecule has 0 aliphatic carbocycles. The molecule has 0 saturated carbocycles. The smallest absolute Gasteiger partial charge is 0.262 e. The van der Waals surface area contributed by atoms with Crippen molar-refractivity contribution in [3.8, 4) is 0 Å². The van der Waals surface area contributed by atoms with Gasteiger partial charge in [0.25, 0.3) is 15.9 Å². The van der Waals surface area contributed by atoms with Gasteiger partial charge in [0, 0.05) is 37.4 Å². The molecule has 0 bridgehead atoms. The van der Waals surface area contributed by atoms with Gasteiger partial charge in [-0.05, 0) is 69.2 Å². The van der Waals surface area contributed by atoms with Crippen LogP contribution >= 0.6 is 0 Å². The van der Waals surface area contributed by atoms with Crippen LogP contribution < -0.4 is 10.0 Å². The maximum Gasteiger partial charge on any atom is 0.262 e. The SMILES string of the molecule is Cc1ccc(C)c(S(=O)(=O)Nc2ccc(C(=O)NCCN3CC(C)OC(C)C3)cc2)c1. The summed E-state index contributed by atoms with van der Waals surface area (Å²) in [6.07, 6.45) is 0.388. The van der Waals surface area contributed by atoms with Gasteiger partial charge in [0.15, 0.2) is 0 Å². The van der Waals surface area contributed by atoms with Crippen LogP contribution in [0.25, 0.3) is 0 Å². The first-order valence-corrected chi connectivity index (χ1v) is 12.0. The molecule has 2 aromatic rings. The third-order valence-corrected chi connectivity index (χ3v) is 6.76. The number of hydrogen-bond donors (Lipinski definition) is 2. The first-order chi connectivity index (χ1) is 14.6. The summed E-state index contributed by atoms with van der Waals surface area (Å²) >= 11 is 0. The molecule has 7 nitrogen and oxygen atoms in total. The summed E-state index contributed by atoms with van der Waals surface area (Å²) in [5.41, 5.74) is 2.45. The van der Waals surface area contributed by atoms with Gasteiger partial charge in [-0.1, -0.05) is 12.1 Å². The van der Waals surface area contributed by atoms with E-state index in [9.17, 15) is 13.2 Å². The van der Waals surface area contributed by atoms with Crippen molar-refractivity contribution in [3.63, 3.8) is 0 Å². The number of morpholine rings is 1. The second kappa shape index (κ2) is 9.80. The van der Waals surface area contributed by atoms with Crippen molar-refractivity contribution in [1.29, 1.82) is 0 Å². The van der Waals surface area contributed by atoms with Crippen molar-refractivity contribution in [3.05, 3.63) is 59.2 Å². The minimum Gasteiger partial charge on any atom is -0.373 e. The van der Waals surface area contributed by atoms with Crippen molar-refractivity contribution in [2.75, 3.05) is 30.9 Å². The Morgan fingerprint density at radius 1 is 1.06 bits per heavy atom. The lowest BCUT2D eigenvalue weighted by Crippen LogP contribution is -2.47. The maximum atomic E-state index is 12.7. The van der Waals surface area contributed by atoms with E-state index in [1.54, 1.807) is 43.3 Å². The fourth-order valence-electron chi connectivity index (χ4n) is 3.79. The van der Waals surface area contributed by atoms with Crippen molar-refractivity contribution >= 4 is 21.6 Å². The molecular weight excluding hydrogens is 414 g/mol. The van der Waals surface area contributed by atoms with Gasteiger partial charge in [-0.15, -0.1) is 0 Å². The highest BCUT2D eigenvalue weighted by molar-refractivity contribution is 7.92. The lowest BCUT2D eigenvalue weighted by molar-refractivity contribution is -0.0672. The summed E-state index contributed by atoms with van der Waals surface area (Å²) in [6.45, 7) is 10.7. The third kappa shape index (κ3) is 6.29. The Morgan fingerprint density at radius 3 is 2.35 bits per heavy atom. The second-order valence-corrected chi connectivity index (χ2v) is 9.88. The van der Waals surface area contributed by atoms with E-state index in [1.807, 2.05) is 13.0 Å². The van der Waals surface area contributed by atoms with Gasteiger partial charge in [0.2, 0.25) is 0 Å². The Labute approximate surface area is 184 Å². The van der Waals surface area contributed by atoms with Gasteiger partial charge in [0.05, 0.1) is 17.1 Å². The van der Waals surface area contributed by atoms with Crippen molar-refractivity contribution in [2.45, 2.75) is 44.8 Å². The first kappa shape index (κ1) is 23.2. The Bertz CT molecular complexity index is 1010. The van der Waals surface area contributed by atoms with Gasteiger partial charge in [-0.2, -0.15) is 0 Å². The van der Waals surface area contributed by atoms with Gasteiger partial charge in [-0.3, -0.25) is 14.4 Å². The fraction of sp³-hybridized carbons (Fsp3) is 0.435. The number of amides is 1. The molecule has 1 saturated heterocycles. The number of nitrogens with zero attached hydrogens (tertiary/aromatic N) is 1. The number of anilines is 1. The van der Waals surface area contributed by atoms with E-state index in [-0.39, 0.29) is 23.0 Å². The number of benzene rings is 2. The number of hydrogen-bond acceptors (Lipinski definition) is 5. The highest BCUT2D eigenvalue weighted by atomic mass is 32.2. The number of ether oxygens (including phenoxy) is 1. The molecule has 168 valence electrons. The largest absolute Gasteiger partial charge is 0.373 e. The van der Waals surface area contributed by atoms with Crippen LogP contribution in [0.15, 0.2) is 47.4 Å². The number of sulfonamides is 1. The molecule has 31 heavy (non-hydrogen) atoms. The monoisotopic (exact) mass is 445 g/mol. The Hall–Kier alpha value is -2.42. The molecule has 2 unspecified atom stereocenters. The Balaban J connectivity index is 1.56. The van der Waals surface area contributed by atoms with Crippen LogP contribution in [0.3, 0.4) is 0 Å². The molecule has 1 heterocycles. The Morgan fingerprint density at radius 2 is 1.71 bits per heavy atom. The molecule has 0 radical (unpaired) electrons. The quantitative estimate of drug-likeness (QED) is 0.684. The molecule has 8 heteroatoms. The van der Waals surface area contributed by atoms with Gasteiger partial charge >= 0.3 is 0 Å². The average Bonchev–Trinajstić information content (AvgIpc) is 2.69. The molecule has 2 aromatic carbocycles. The van der Waals surface area contributed by atoms with E-state index in [1.165, 1.54) is 0 Å². The molecule has 3 rings (SSSR count). The molecule has 1 aliphatic heterocycles. The van der Waals surface area contributed by atoms with E-state index in [4.69, 9.17) is 4.74 Å². The molecule has 0 aromatic heterocycles. The maximum absolute atomic E-state index is 12.7. The highest BCUT2D eigenvalue weighted by Gasteiger charge is 2.22. The Kier molecular flexibility index (Phi) is 7.35. The summed E-state index contributed by atoms with van der Waals surface area (Å²) in [4.78, 5) is 15.0. The molecule has 2 N–H and O–H groups in total. The second-order valence-electron chi connectivity index (χ2n) is 8.22. The molecule has 1 amide bonds. The van der Waals surface area contributed by atoms with Crippen LogP contribution in [-0.2, 0) is 14.8 Å². The molecular formula is C23H31N3O4S. The summed E-state index contributed by atoms with van der Waals surface area (Å²) in [5.74, 6) is -0.182. The predicted octanol–water partition coefficient (Wildman–Crippen LogP) is 2.94. The summed E-state index contributed by atoms with van der Waals surface area (Å²) in [5, 5.41) is 2.92. The first-order valence-electron chi connectivity index (χ1n) is 10.5. The standard InChI is InChI=1S/C23H31N3O4S/c1-16-5-6-17(2)22(13-16)31(28,29)25-21-9-7-20(8-10-21)23(27)24-11-12-26-14-18(3)30-19(4)15-26/h5-10,13,18-19,25H,11-12,14-15H2,1-4H3,(H,24,27). The van der Waals surface area contributed by atoms with Crippen LogP contribution in [0.2, 0.25) is 0 Å². The minimum absolute atomic E-state index is 0.182. The number of carbonyl (C=O) groups is 1. The molecule has 1 fully saturated rings. The van der Waals surface area contributed by atoms with E-state index in [2.05, 4.69) is 28.8 Å². The van der Waals surface area contributed by atoms with Crippen LogP contribution in [-0.4, -0.2) is 57.6 Å². The van der Waals surface area contributed by atoms with E-state index >= 15 is 0 Å². The van der Waals surface area contributed by atoms with Gasteiger partial charge in [-0.25, -0.2) is 8.42 Å². The van der Waals surface area contributed by atoms with Gasteiger partial charge < -0.3 is 10.1 Å². The molecule has 2 atom stereocenters. The molecule has 0 spiro atoms. The van der Waals surface area contributed by atoms with E-state index in [0.29, 0.717) is 23.4 Å². The molecule has 1 aliphatic rings. The normalized spacial score (nSPS) is 19.7. The number of aryl methyl sites for hydroxylation is 2. The lowest BCUT2D eigenvalue weighted by Gasteiger charge is -2.35. The van der Waals surface area contributed by atoms with Crippen LogP contribution in [0, 0.1) is 13.8 Å². The van der Waals surface area contributed by atoms with Gasteiger partial charge in [0.1, 0.15) is 0 Å². The topological polar surface area (TPSA) is 87.7 Å². The highest BCUT2D eigenvalue weighted by Crippen LogP contribution is 2.21. The van der Waals surface area contributed by atoms with Crippen LogP contribution in [0.5, 0.6) is 0 Å². The number of nitrogens with one attached hydrogen (secondary N) is 2. The zero-order chi connectivity index (χ0) is 22.6. The van der Waals surface area contributed by atoms with E-state index < -0.39 is 10.0 Å². The minimum atomic E-state index is -3.70. The summed E-state index contributed by atoms with van der Waals surface area (Å²) < 4.78 is 33.8. The number of rotatable bonds is 7. The zero-order valence-corrected chi connectivity index (χ0v) is 19.3. The van der Waals surface area contributed by atoms with Crippen LogP contribution in [0.4, 0.5) is 5.69 Å². The third-order valence-electron chi connectivity index (χ3n) is 5.24. The van der Waals surface area contributed by atoms with Crippen molar-refractivity contribution < 1.29 is 17.9 Å². The summed E-state index contributed by atoms with van der Waals surface area (Å²) in [7, 11) is -3.70. The van der Waals surface area contributed by atoms with Crippen molar-refractivity contribution in [1.82, 2.24) is 10.2 Å². The lowest BCUT2D eigenvalue weighted by atomic mass is 10.2.